The first-order valence-corrected chi connectivity index (χ1v) is 10.8. The number of amides is 4. The maximum Gasteiger partial charge on any atom is 0.255 e. The van der Waals surface area contributed by atoms with E-state index in [9.17, 15) is 19.2 Å². The van der Waals surface area contributed by atoms with Crippen molar-refractivity contribution in [1.29, 1.82) is 0 Å². The smallest absolute Gasteiger partial charge is 0.255 e. The minimum Gasteiger partial charge on any atom is -0.489 e. The normalized spacial score (nSPS) is 23.8. The van der Waals surface area contributed by atoms with Gasteiger partial charge in [-0.1, -0.05) is 30.3 Å². The van der Waals surface area contributed by atoms with E-state index in [2.05, 4.69) is 5.32 Å². The van der Waals surface area contributed by atoms with Gasteiger partial charge in [-0.3, -0.25) is 24.5 Å². The van der Waals surface area contributed by atoms with Gasteiger partial charge in [0.25, 0.3) is 5.91 Å². The summed E-state index contributed by atoms with van der Waals surface area (Å²) < 4.78 is 61.6. The van der Waals surface area contributed by atoms with E-state index in [1.165, 1.54) is 23.1 Å². The number of nitrogens with zero attached hydrogens (tertiary/aromatic N) is 2. The molecule has 0 bridgehead atoms. The Morgan fingerprint density at radius 2 is 1.97 bits per heavy atom. The summed E-state index contributed by atoms with van der Waals surface area (Å²) in [6.07, 6.45) is 0.240. The summed E-state index contributed by atoms with van der Waals surface area (Å²) in [5.41, 5.74) is -0.0887. The second kappa shape index (κ2) is 9.26. The molecule has 0 spiro atoms. The summed E-state index contributed by atoms with van der Waals surface area (Å²) in [5.74, 6) is -2.08. The van der Waals surface area contributed by atoms with Crippen molar-refractivity contribution >= 4 is 23.6 Å². The van der Waals surface area contributed by atoms with E-state index in [0.29, 0.717) is 5.56 Å². The Morgan fingerprint density at radius 3 is 2.79 bits per heavy atom. The topological polar surface area (TPSA) is 105 Å². The summed E-state index contributed by atoms with van der Waals surface area (Å²) in [6, 6.07) is 4.71. The number of ether oxygens (including phenoxy) is 2. The summed E-state index contributed by atoms with van der Waals surface area (Å²) in [5, 5.41) is 2.22. The molecule has 1 N–H and O–H groups in total. The van der Waals surface area contributed by atoms with Crippen molar-refractivity contribution in [2.75, 3.05) is 19.8 Å². The van der Waals surface area contributed by atoms with Crippen LogP contribution in [0.3, 0.4) is 0 Å². The molecule has 34 heavy (non-hydrogen) atoms. The van der Waals surface area contributed by atoms with Gasteiger partial charge in [-0.05, 0) is 29.7 Å². The third-order valence-corrected chi connectivity index (χ3v) is 5.80. The third kappa shape index (κ3) is 4.38. The molecular formula is C25H25N3O6. The number of piperidine rings is 1. The van der Waals surface area contributed by atoms with E-state index in [1.807, 2.05) is 0 Å². The highest BCUT2D eigenvalue weighted by atomic mass is 16.5. The van der Waals surface area contributed by atoms with Crippen molar-refractivity contribution in [3.8, 4) is 5.75 Å². The van der Waals surface area contributed by atoms with Gasteiger partial charge in [-0.15, -0.1) is 0 Å². The number of hydrogen-bond acceptors (Lipinski definition) is 6. The number of rotatable bonds is 6. The first-order chi connectivity index (χ1) is 18.8. The van der Waals surface area contributed by atoms with Crippen LogP contribution in [0.4, 0.5) is 0 Å². The van der Waals surface area contributed by atoms with E-state index in [4.69, 9.17) is 17.7 Å². The van der Waals surface area contributed by atoms with Crippen LogP contribution in [0.15, 0.2) is 42.4 Å². The van der Waals surface area contributed by atoms with Gasteiger partial charge < -0.3 is 19.3 Å². The summed E-state index contributed by atoms with van der Waals surface area (Å²) in [7, 11) is 0. The predicted octanol–water partition coefficient (Wildman–Crippen LogP) is 1.39. The molecule has 4 amide bonds. The number of hydrogen-bond donors (Lipinski definition) is 1. The van der Waals surface area contributed by atoms with Gasteiger partial charge in [0.2, 0.25) is 17.7 Å². The Bertz CT molecular complexity index is 1430. The van der Waals surface area contributed by atoms with Crippen LogP contribution in [0, 0.1) is 0 Å². The molecule has 0 aliphatic carbocycles. The molecule has 1 unspecified atom stereocenters. The van der Waals surface area contributed by atoms with Crippen LogP contribution >= 0.6 is 0 Å². The Hall–Kier alpha value is -3.72. The largest absolute Gasteiger partial charge is 0.489 e. The zero-order valence-electron chi connectivity index (χ0n) is 24.1. The van der Waals surface area contributed by atoms with Crippen LogP contribution in [0.25, 0.3) is 0 Å². The third-order valence-electron chi connectivity index (χ3n) is 5.80. The van der Waals surface area contributed by atoms with Crippen molar-refractivity contribution in [3.63, 3.8) is 0 Å². The zero-order chi connectivity index (χ0) is 29.0. The first kappa shape index (κ1) is 16.0. The Morgan fingerprint density at radius 1 is 1.15 bits per heavy atom. The lowest BCUT2D eigenvalue weighted by Gasteiger charge is -2.29. The van der Waals surface area contributed by atoms with Crippen molar-refractivity contribution < 1.29 is 36.9 Å². The number of carbonyl (C=O) groups is 4. The average Bonchev–Trinajstić information content (AvgIpc) is 3.22. The van der Waals surface area contributed by atoms with Gasteiger partial charge in [0.1, 0.15) is 25.0 Å². The summed E-state index contributed by atoms with van der Waals surface area (Å²) in [4.78, 5) is 51.4. The molecule has 5 rings (SSSR count). The molecule has 0 aromatic heterocycles. The Labute approximate surface area is 205 Å². The molecule has 0 saturated carbocycles. The molecule has 176 valence electrons. The molecule has 3 heterocycles. The van der Waals surface area contributed by atoms with Crippen LogP contribution < -0.4 is 10.1 Å². The van der Waals surface area contributed by atoms with E-state index in [0.717, 1.165) is 17.0 Å². The van der Waals surface area contributed by atoms with Gasteiger partial charge >= 0.3 is 0 Å². The molecule has 2 aromatic carbocycles. The predicted molar refractivity (Wildman–Crippen MR) is 119 cm³/mol. The van der Waals surface area contributed by atoms with Gasteiger partial charge in [0.15, 0.2) is 0 Å². The number of carbonyl (C=O) groups excluding carboxylic acids is 4. The monoisotopic (exact) mass is 469 g/mol. The lowest BCUT2D eigenvalue weighted by atomic mass is 10.0. The minimum atomic E-state index is -2.67. The fraction of sp³-hybridized carbons (Fsp3) is 0.360. The molecule has 2 fully saturated rings. The van der Waals surface area contributed by atoms with Crippen LogP contribution in [0.2, 0.25) is 0 Å². The first-order valence-electron chi connectivity index (χ1n) is 13.8. The van der Waals surface area contributed by atoms with Crippen LogP contribution in [0.5, 0.6) is 5.75 Å². The lowest BCUT2D eigenvalue weighted by molar-refractivity contribution is -0.143. The van der Waals surface area contributed by atoms with Gasteiger partial charge in [0.05, 0.1) is 21.4 Å². The standard InChI is InChI=1S/C25H25N3O6/c29-22-9-8-20(24(31)26-22)28-13-19-18(25(28)32)2-1-3-21(19)34-14-17-6-4-16(5-7-17)12-27-10-11-33-15-23(27)30/h1-7,20H,8-15H2,(H,26,29,31)/i4D,7D,12D2,14D2. The van der Waals surface area contributed by atoms with Crippen molar-refractivity contribution in [3.05, 3.63) is 64.7 Å². The zero-order valence-corrected chi connectivity index (χ0v) is 18.1. The van der Waals surface area contributed by atoms with Crippen LogP contribution in [0.1, 0.15) is 48.1 Å². The van der Waals surface area contributed by atoms with E-state index < -0.39 is 54.8 Å². The molecule has 2 saturated heterocycles. The van der Waals surface area contributed by atoms with Crippen molar-refractivity contribution in [2.24, 2.45) is 0 Å². The molecule has 9 nitrogen and oxygen atoms in total. The van der Waals surface area contributed by atoms with Crippen molar-refractivity contribution in [1.82, 2.24) is 15.1 Å². The highest BCUT2D eigenvalue weighted by Gasteiger charge is 2.40. The fourth-order valence-electron chi connectivity index (χ4n) is 4.05. The van der Waals surface area contributed by atoms with Gasteiger partial charge in [-0.2, -0.15) is 0 Å². The minimum absolute atomic E-state index is 0.00473. The quantitative estimate of drug-likeness (QED) is 0.641. The van der Waals surface area contributed by atoms with E-state index in [-0.39, 0.29) is 61.6 Å². The molecule has 3 aliphatic rings. The SMILES string of the molecule is [2H]c1cc(C([2H])([2H])N2CCOCC2=O)c([2H])cc1C([2H])([2H])Oc1cccc2c1CN(C1CCC(=O)NC1=O)C2=O. The van der Waals surface area contributed by atoms with E-state index in [1.54, 1.807) is 0 Å². The maximum absolute atomic E-state index is 13.1. The van der Waals surface area contributed by atoms with Gasteiger partial charge in [0, 0.05) is 30.6 Å². The summed E-state index contributed by atoms with van der Waals surface area (Å²) in [6.45, 7) is -5.40. The second-order valence-electron chi connectivity index (χ2n) is 8.00. The number of imide groups is 1. The highest BCUT2D eigenvalue weighted by Crippen LogP contribution is 2.34. The maximum atomic E-state index is 13.1. The number of fused-ring (bicyclic) bond motifs is 1. The molecule has 3 aliphatic heterocycles. The number of nitrogens with one attached hydrogen (secondary N) is 1. The molecule has 1 atom stereocenters. The molecular weight excluding hydrogens is 438 g/mol. The molecule has 9 heteroatoms. The highest BCUT2D eigenvalue weighted by molar-refractivity contribution is 6.05. The summed E-state index contributed by atoms with van der Waals surface area (Å²) >= 11 is 0. The van der Waals surface area contributed by atoms with Crippen LogP contribution in [-0.4, -0.2) is 59.2 Å². The molecule has 2 aromatic rings. The van der Waals surface area contributed by atoms with Gasteiger partial charge in [-0.25, -0.2) is 0 Å². The Kier molecular flexibility index (Phi) is 4.36. The fourth-order valence-corrected chi connectivity index (χ4v) is 4.05. The second-order valence-corrected chi connectivity index (χ2v) is 8.00. The number of benzene rings is 2. The lowest BCUT2D eigenvalue weighted by Crippen LogP contribution is -2.52. The molecule has 0 radical (unpaired) electrons. The average molecular weight is 470 g/mol. The van der Waals surface area contributed by atoms with Crippen LogP contribution in [-0.2, 0) is 38.7 Å². The van der Waals surface area contributed by atoms with E-state index >= 15 is 0 Å². The Balaban J connectivity index is 1.42. The van der Waals surface area contributed by atoms with Crippen molar-refractivity contribution in [2.45, 2.75) is 38.5 Å². The number of morpholine rings is 1.